The summed E-state index contributed by atoms with van der Waals surface area (Å²) in [6.07, 6.45) is -5.33. The molecular weight excluding hydrogens is 603 g/mol. The molecule has 2 aliphatic heterocycles. The molecule has 12 heteroatoms. The first kappa shape index (κ1) is 29.8. The molecule has 0 amide bonds. The Bertz CT molecular complexity index is 1850. The van der Waals surface area contributed by atoms with Gasteiger partial charge in [-0.05, 0) is 42.3 Å². The summed E-state index contributed by atoms with van der Waals surface area (Å²) in [5.74, 6) is -1.65. The molecule has 2 aliphatic rings. The van der Waals surface area contributed by atoms with Crippen LogP contribution in [0.25, 0.3) is 22.5 Å². The Kier molecular flexibility index (Phi) is 7.89. The molecule has 6 rings (SSSR count). The van der Waals surface area contributed by atoms with Crippen LogP contribution in [-0.4, -0.2) is 30.6 Å². The van der Waals surface area contributed by atoms with Gasteiger partial charge in [-0.3, -0.25) is 19.7 Å². The quantitative estimate of drug-likeness (QED) is 0.182. The second-order valence-corrected chi connectivity index (χ2v) is 11.1. The zero-order valence-electron chi connectivity index (χ0n) is 23.5. The maximum atomic E-state index is 16.0. The van der Waals surface area contributed by atoms with Crippen molar-refractivity contribution in [1.29, 1.82) is 0 Å². The lowest BCUT2D eigenvalue weighted by Gasteiger charge is -2.23. The number of nitrogens with zero attached hydrogens (tertiary/aromatic N) is 1. The van der Waals surface area contributed by atoms with Crippen molar-refractivity contribution in [2.24, 2.45) is 0 Å². The van der Waals surface area contributed by atoms with Gasteiger partial charge in [0.15, 0.2) is 17.3 Å². The molecular formula is C32H25F5N2O4S. The lowest BCUT2D eigenvalue weighted by molar-refractivity contribution is -0.138. The van der Waals surface area contributed by atoms with Gasteiger partial charge < -0.3 is 9.47 Å². The molecule has 44 heavy (non-hydrogen) atoms. The van der Waals surface area contributed by atoms with Crippen LogP contribution in [0.5, 0.6) is 11.5 Å². The summed E-state index contributed by atoms with van der Waals surface area (Å²) in [4.78, 5) is 19.6. The molecule has 0 saturated heterocycles. The average molecular weight is 629 g/mol. The van der Waals surface area contributed by atoms with Gasteiger partial charge in [0.25, 0.3) is 5.56 Å². The molecule has 3 heterocycles. The number of hydrogen-bond donors (Lipinski definition) is 1. The van der Waals surface area contributed by atoms with Crippen LogP contribution in [0.15, 0.2) is 70.5 Å². The van der Waals surface area contributed by atoms with Crippen molar-refractivity contribution in [1.82, 2.24) is 10.0 Å². The van der Waals surface area contributed by atoms with Gasteiger partial charge in [-0.15, -0.1) is 11.8 Å². The number of hydrogen-bond acceptors (Lipinski definition) is 6. The zero-order valence-corrected chi connectivity index (χ0v) is 24.3. The van der Waals surface area contributed by atoms with Gasteiger partial charge in [-0.1, -0.05) is 36.4 Å². The van der Waals surface area contributed by atoms with E-state index in [1.54, 1.807) is 24.3 Å². The molecule has 0 bridgehead atoms. The molecule has 0 radical (unpaired) electrons. The SMILES string of the molecule is CONC(=C1CSc2c(Cc3c(F)cccc3C(F)(F)F)c(C)c(-c3ccc4c(c3F)OCCO4)c(=O)n21)c1ccccc1. The fraction of sp³-hybridized carbons (Fsp3) is 0.219. The number of halogens is 5. The van der Waals surface area contributed by atoms with E-state index < -0.39 is 40.9 Å². The Morgan fingerprint density at radius 2 is 1.75 bits per heavy atom. The van der Waals surface area contributed by atoms with Crippen LogP contribution in [0.3, 0.4) is 0 Å². The zero-order chi connectivity index (χ0) is 31.2. The lowest BCUT2D eigenvalue weighted by atomic mass is 9.92. The Labute approximate surface area is 253 Å². The summed E-state index contributed by atoms with van der Waals surface area (Å²) in [5, 5.41) is 0.326. The van der Waals surface area contributed by atoms with Crippen molar-refractivity contribution in [2.75, 3.05) is 26.1 Å². The van der Waals surface area contributed by atoms with E-state index in [1.165, 1.54) is 42.5 Å². The van der Waals surface area contributed by atoms with E-state index in [0.717, 1.165) is 18.2 Å². The van der Waals surface area contributed by atoms with E-state index >= 15 is 8.78 Å². The topological polar surface area (TPSA) is 61.7 Å². The minimum absolute atomic E-state index is 0.0899. The summed E-state index contributed by atoms with van der Waals surface area (Å²) < 4.78 is 85.6. The first-order valence-electron chi connectivity index (χ1n) is 13.5. The third kappa shape index (κ3) is 5.11. The summed E-state index contributed by atoms with van der Waals surface area (Å²) in [7, 11) is 1.41. The summed E-state index contributed by atoms with van der Waals surface area (Å²) in [6.45, 7) is 1.85. The van der Waals surface area contributed by atoms with Gasteiger partial charge in [-0.2, -0.15) is 13.2 Å². The van der Waals surface area contributed by atoms with Crippen molar-refractivity contribution in [3.05, 3.63) is 110 Å². The number of nitrogens with one attached hydrogen (secondary N) is 1. The van der Waals surface area contributed by atoms with Gasteiger partial charge in [0, 0.05) is 28.9 Å². The van der Waals surface area contributed by atoms with E-state index in [-0.39, 0.29) is 52.7 Å². The smallest absolute Gasteiger partial charge is 0.416 e. The highest BCUT2D eigenvalue weighted by Crippen LogP contribution is 2.44. The number of hydroxylamine groups is 1. The molecule has 1 N–H and O–H groups in total. The maximum absolute atomic E-state index is 16.0. The molecule has 0 unspecified atom stereocenters. The maximum Gasteiger partial charge on any atom is 0.416 e. The van der Waals surface area contributed by atoms with Crippen LogP contribution in [0.1, 0.15) is 27.8 Å². The molecule has 0 spiro atoms. The second-order valence-electron chi connectivity index (χ2n) is 10.1. The number of fused-ring (bicyclic) bond motifs is 2. The molecule has 6 nitrogen and oxygen atoms in total. The number of rotatable bonds is 6. The molecule has 0 saturated carbocycles. The minimum Gasteiger partial charge on any atom is -0.486 e. The van der Waals surface area contributed by atoms with Crippen LogP contribution in [0.2, 0.25) is 0 Å². The fourth-order valence-corrected chi connectivity index (χ4v) is 6.83. The molecule has 0 atom stereocenters. The van der Waals surface area contributed by atoms with E-state index in [9.17, 15) is 18.0 Å². The monoisotopic (exact) mass is 628 g/mol. The van der Waals surface area contributed by atoms with Crippen LogP contribution in [0.4, 0.5) is 22.0 Å². The number of alkyl halides is 3. The average Bonchev–Trinajstić information content (AvgIpc) is 3.45. The molecule has 0 fully saturated rings. The first-order valence-corrected chi connectivity index (χ1v) is 14.5. The van der Waals surface area contributed by atoms with Crippen molar-refractivity contribution < 1.29 is 36.3 Å². The van der Waals surface area contributed by atoms with Crippen LogP contribution < -0.4 is 20.5 Å². The number of benzene rings is 3. The van der Waals surface area contributed by atoms with Crippen molar-refractivity contribution in [2.45, 2.75) is 24.5 Å². The number of thioether (sulfide) groups is 1. The first-order chi connectivity index (χ1) is 21.1. The number of aromatic nitrogens is 1. The van der Waals surface area contributed by atoms with Gasteiger partial charge >= 0.3 is 6.18 Å². The largest absolute Gasteiger partial charge is 0.486 e. The van der Waals surface area contributed by atoms with E-state index in [0.29, 0.717) is 22.0 Å². The Morgan fingerprint density at radius 1 is 1.00 bits per heavy atom. The highest BCUT2D eigenvalue weighted by Gasteiger charge is 2.37. The summed E-state index contributed by atoms with van der Waals surface area (Å²) in [6, 6.07) is 14.7. The molecule has 0 aliphatic carbocycles. The Hall–Kier alpha value is -4.29. The molecule has 3 aromatic carbocycles. The van der Waals surface area contributed by atoms with E-state index in [4.69, 9.17) is 14.3 Å². The Morgan fingerprint density at radius 3 is 2.48 bits per heavy atom. The predicted octanol–water partition coefficient (Wildman–Crippen LogP) is 7.07. The van der Waals surface area contributed by atoms with E-state index in [2.05, 4.69) is 5.48 Å². The third-order valence-electron chi connectivity index (χ3n) is 7.57. The summed E-state index contributed by atoms with van der Waals surface area (Å²) in [5.41, 5.74) is 2.35. The summed E-state index contributed by atoms with van der Waals surface area (Å²) >= 11 is 1.22. The number of ether oxygens (including phenoxy) is 2. The van der Waals surface area contributed by atoms with Gasteiger partial charge in [0.1, 0.15) is 19.0 Å². The van der Waals surface area contributed by atoms with Crippen molar-refractivity contribution in [3.63, 3.8) is 0 Å². The van der Waals surface area contributed by atoms with Crippen LogP contribution >= 0.6 is 11.8 Å². The highest BCUT2D eigenvalue weighted by molar-refractivity contribution is 8.00. The van der Waals surface area contributed by atoms with Gasteiger partial charge in [0.2, 0.25) is 0 Å². The van der Waals surface area contributed by atoms with Crippen molar-refractivity contribution >= 4 is 23.2 Å². The fourth-order valence-electron chi connectivity index (χ4n) is 5.57. The predicted molar refractivity (Wildman–Crippen MR) is 156 cm³/mol. The van der Waals surface area contributed by atoms with Crippen LogP contribution in [-0.2, 0) is 17.4 Å². The minimum atomic E-state index is -4.83. The molecule has 228 valence electrons. The normalized spacial score (nSPS) is 15.2. The number of pyridine rings is 1. The van der Waals surface area contributed by atoms with Crippen molar-refractivity contribution in [3.8, 4) is 22.6 Å². The second kappa shape index (κ2) is 11.7. The Balaban J connectivity index is 1.67. The molecule has 4 aromatic rings. The standard InChI is InChI=1S/C32H25F5N2O4S/c1-17-20(15-21-22(32(35,36)37)9-6-10-23(21)33)31-39(24(16-44-31)28(38-41-2)18-7-4-3-5-8-18)30(40)26(17)19-11-12-25-29(27(19)34)43-14-13-42-25/h3-12,38H,13-16H2,1-2H3. The van der Waals surface area contributed by atoms with Crippen LogP contribution in [0, 0.1) is 18.6 Å². The third-order valence-corrected chi connectivity index (χ3v) is 8.69. The highest BCUT2D eigenvalue weighted by atomic mass is 32.2. The molecule has 1 aromatic heterocycles. The lowest BCUT2D eigenvalue weighted by Crippen LogP contribution is -2.27. The van der Waals surface area contributed by atoms with Gasteiger partial charge in [-0.25, -0.2) is 8.78 Å². The van der Waals surface area contributed by atoms with Gasteiger partial charge in [0.05, 0.1) is 34.7 Å². The van der Waals surface area contributed by atoms with E-state index in [1.807, 2.05) is 6.07 Å².